The molecular formula is C116H113BrN4. The van der Waals surface area contributed by atoms with Gasteiger partial charge in [0.2, 0.25) is 0 Å². The number of hydrogen-bond donors (Lipinski definition) is 1. The van der Waals surface area contributed by atoms with Gasteiger partial charge in [-0.15, -0.1) is 0 Å². The van der Waals surface area contributed by atoms with Gasteiger partial charge in [-0.2, -0.15) is 0 Å². The fraction of sp³-hybridized carbons (Fsp3) is 0.276. The van der Waals surface area contributed by atoms with Crippen molar-refractivity contribution in [3.63, 3.8) is 0 Å². The lowest BCUT2D eigenvalue weighted by Crippen LogP contribution is -2.14. The molecule has 5 heteroatoms. The summed E-state index contributed by atoms with van der Waals surface area (Å²) in [6.07, 6.45) is 40.7. The predicted molar refractivity (Wildman–Crippen MR) is 516 cm³/mol. The Morgan fingerprint density at radius 1 is 0.174 bits per heavy atom. The first-order chi connectivity index (χ1) is 59.9. The summed E-state index contributed by atoms with van der Waals surface area (Å²) in [4.78, 5) is 7.25. The molecule has 0 spiro atoms. The van der Waals surface area contributed by atoms with Crippen LogP contribution < -0.4 is 20.0 Å². The average molecular weight is 1640 g/mol. The van der Waals surface area contributed by atoms with Gasteiger partial charge in [-0.05, 0) is 485 Å². The maximum absolute atomic E-state index is 3.68. The molecule has 8 aliphatic carbocycles. The summed E-state index contributed by atoms with van der Waals surface area (Å²) in [5.74, 6) is 0. The predicted octanol–water partition coefficient (Wildman–Crippen LogP) is 31.7. The molecule has 1 N–H and O–H groups in total. The largest absolute Gasteiger partial charge is 0.356 e. The van der Waals surface area contributed by atoms with Gasteiger partial charge in [-0.3, -0.25) is 0 Å². The third-order valence-corrected chi connectivity index (χ3v) is 28.4. The van der Waals surface area contributed by atoms with Gasteiger partial charge in [0.25, 0.3) is 0 Å². The van der Waals surface area contributed by atoms with E-state index >= 15 is 0 Å². The van der Waals surface area contributed by atoms with E-state index in [1.54, 1.807) is 111 Å². The molecule has 0 bridgehead atoms. The number of fused-ring (bicyclic) bond motifs is 8. The highest BCUT2D eigenvalue weighted by atomic mass is 79.9. The molecule has 14 aromatic rings. The van der Waals surface area contributed by atoms with E-state index in [0.717, 1.165) is 38.6 Å². The summed E-state index contributed by atoms with van der Waals surface area (Å²) in [6, 6.07) is 108. The van der Waals surface area contributed by atoms with Gasteiger partial charge in [-0.25, -0.2) is 0 Å². The lowest BCUT2D eigenvalue weighted by Gasteiger charge is -2.30. The molecule has 0 aliphatic heterocycles. The second-order valence-corrected chi connectivity index (χ2v) is 36.4. The molecule has 0 fully saturated rings. The summed E-state index contributed by atoms with van der Waals surface area (Å²) in [6.45, 7) is 0. The van der Waals surface area contributed by atoms with E-state index in [9.17, 15) is 0 Å². The second kappa shape index (κ2) is 36.2. The number of benzene rings is 14. The van der Waals surface area contributed by atoms with Crippen molar-refractivity contribution in [1.82, 2.24) is 0 Å². The zero-order chi connectivity index (χ0) is 80.8. The minimum absolute atomic E-state index is 1.11. The number of nitrogens with zero attached hydrogens (tertiary/aromatic N) is 3. The van der Waals surface area contributed by atoms with Gasteiger partial charge in [0.05, 0.1) is 0 Å². The Bertz CT molecular complexity index is 5500. The van der Waals surface area contributed by atoms with Gasteiger partial charge < -0.3 is 20.0 Å². The topological polar surface area (TPSA) is 21.8 Å². The smallest absolute Gasteiger partial charge is 0.0463 e. The van der Waals surface area contributed by atoms with Crippen LogP contribution in [-0.2, 0) is 103 Å². The van der Waals surface area contributed by atoms with Crippen LogP contribution in [0.5, 0.6) is 0 Å². The highest BCUT2D eigenvalue weighted by Crippen LogP contribution is 2.49. The van der Waals surface area contributed by atoms with E-state index in [-0.39, 0.29) is 0 Å². The lowest BCUT2D eigenvalue weighted by atomic mass is 9.77. The number of aryl methyl sites for hydroxylation is 8. The molecule has 0 atom stereocenters. The molecule has 121 heavy (non-hydrogen) atoms. The Kier molecular flexibility index (Phi) is 23.4. The van der Waals surface area contributed by atoms with E-state index < -0.39 is 0 Å². The molecule has 0 amide bonds. The molecule has 604 valence electrons. The summed E-state index contributed by atoms with van der Waals surface area (Å²) in [5, 5.41) is 3.30. The van der Waals surface area contributed by atoms with Crippen LogP contribution in [0.25, 0.3) is 44.5 Å². The monoisotopic (exact) mass is 1640 g/mol. The Labute approximate surface area is 728 Å². The van der Waals surface area contributed by atoms with Gasteiger partial charge >= 0.3 is 0 Å². The Balaban J connectivity index is 0.000000136. The van der Waals surface area contributed by atoms with Crippen LogP contribution in [0.1, 0.15) is 192 Å². The number of halogens is 1. The lowest BCUT2D eigenvalue weighted by molar-refractivity contribution is 0.660. The highest BCUT2D eigenvalue weighted by molar-refractivity contribution is 9.10. The number of para-hydroxylation sites is 4. The first kappa shape index (κ1) is 78.3. The van der Waals surface area contributed by atoms with Gasteiger partial charge in [0, 0.05) is 67.0 Å². The van der Waals surface area contributed by atoms with Crippen LogP contribution in [0.4, 0.5) is 62.6 Å². The van der Waals surface area contributed by atoms with E-state index in [1.807, 2.05) is 60.7 Å². The Hall–Kier alpha value is -11.2. The summed E-state index contributed by atoms with van der Waals surface area (Å²) in [5.41, 5.74) is 50.7. The number of nitrogens with one attached hydrogen (secondary N) is 1. The zero-order valence-corrected chi connectivity index (χ0v) is 72.1. The van der Waals surface area contributed by atoms with Crippen molar-refractivity contribution in [3.05, 3.63) is 385 Å². The number of anilines is 11. The summed E-state index contributed by atoms with van der Waals surface area (Å²) >= 11 is 3.68. The molecule has 0 aromatic heterocycles. The average Bonchev–Trinajstić information content (AvgIpc) is 0.762. The molecule has 0 unspecified atom stereocenters. The van der Waals surface area contributed by atoms with Crippen LogP contribution in [0, 0.1) is 0 Å². The maximum atomic E-state index is 3.68. The van der Waals surface area contributed by atoms with Crippen molar-refractivity contribution in [2.45, 2.75) is 205 Å². The van der Waals surface area contributed by atoms with Crippen LogP contribution >= 0.6 is 15.9 Å². The van der Waals surface area contributed by atoms with Crippen molar-refractivity contribution in [2.75, 3.05) is 20.0 Å². The fourth-order valence-electron chi connectivity index (χ4n) is 22.1. The third kappa shape index (κ3) is 16.7. The summed E-state index contributed by atoms with van der Waals surface area (Å²) < 4.78 is 1.11. The van der Waals surface area contributed by atoms with Crippen LogP contribution in [0.15, 0.2) is 296 Å². The summed E-state index contributed by atoms with van der Waals surface area (Å²) in [7, 11) is 0. The molecule has 0 saturated carbocycles. The van der Waals surface area contributed by atoms with E-state index in [0.29, 0.717) is 0 Å². The quantitative estimate of drug-likeness (QED) is 0.110. The number of hydrogen-bond acceptors (Lipinski definition) is 4. The van der Waals surface area contributed by atoms with E-state index in [4.69, 9.17) is 0 Å². The zero-order valence-electron chi connectivity index (χ0n) is 70.6. The van der Waals surface area contributed by atoms with Crippen molar-refractivity contribution < 1.29 is 0 Å². The molecule has 22 rings (SSSR count). The molecule has 0 radical (unpaired) electrons. The van der Waals surface area contributed by atoms with Crippen LogP contribution in [0.2, 0.25) is 0 Å². The number of rotatable bonds is 15. The molecule has 4 nitrogen and oxygen atoms in total. The standard InChI is InChI=1S/C58H56N2.C46H46BrN.C12H11N/c1-3-19-47(20-4-1)59(48-21-5-2-6-22-48)51-35-37-52(38-36-51)60(49-31-27-41(28-32-49)57-53-23-11-7-15-43(53)39-44-16-8-12-24-54(44)57)50-33-29-42(30-34-50)58-55-25-13-9-17-45(55)40-46-18-10-14-26-56(46)58;47-37-21-27-40(28-22-37)48(38-23-17-31(18-24-38)45-41-13-5-1-9-33(41)29-34-10-2-6-14-42(34)45)39-25-19-32(20-26-39)46-43-15-7-3-11-35(43)30-36-12-4-8-16-44(36)46;1-3-7-11(8-4-1)13-12-9-5-2-6-10-12/h1-6,19-22,27-40H,7-18,23-26H2;17-30H,1-16H2;1-10,13H. The van der Waals surface area contributed by atoms with Gasteiger partial charge in [0.1, 0.15) is 0 Å². The first-order valence-electron chi connectivity index (χ1n) is 46.2. The molecule has 0 saturated heterocycles. The SMILES string of the molecule is Brc1ccc(N(c2ccc(-c3c4c(cc5c3CCCC5)CCCC4)cc2)c2ccc(-c3c4c(cc5c3CCCC5)CCCC4)cc2)cc1.c1ccc(N(c2ccccc2)c2ccc(N(c3ccc(-c4c5c(cc6c4CCCC6)CCCC5)cc3)c3ccc(-c4c5c(cc6c4CCCC6)CCCC5)cc3)cc2)cc1.c1ccc(Nc2ccccc2)cc1. The normalized spacial score (nSPS) is 15.4. The molecule has 0 heterocycles. The third-order valence-electron chi connectivity index (χ3n) is 27.9. The highest BCUT2D eigenvalue weighted by Gasteiger charge is 2.30. The Morgan fingerprint density at radius 2 is 0.339 bits per heavy atom. The van der Waals surface area contributed by atoms with Crippen LogP contribution in [-0.4, -0.2) is 0 Å². The Morgan fingerprint density at radius 3 is 0.545 bits per heavy atom. The van der Waals surface area contributed by atoms with Gasteiger partial charge in [0.15, 0.2) is 0 Å². The molecule has 8 aliphatic rings. The van der Waals surface area contributed by atoms with Crippen molar-refractivity contribution in [2.24, 2.45) is 0 Å². The van der Waals surface area contributed by atoms with Gasteiger partial charge in [-0.1, -0.05) is 162 Å². The van der Waals surface area contributed by atoms with Crippen molar-refractivity contribution in [1.29, 1.82) is 0 Å². The van der Waals surface area contributed by atoms with Crippen LogP contribution in [0.3, 0.4) is 0 Å². The second-order valence-electron chi connectivity index (χ2n) is 35.5. The maximum Gasteiger partial charge on any atom is 0.0463 e. The minimum atomic E-state index is 1.11. The van der Waals surface area contributed by atoms with E-state index in [1.165, 1.54) is 256 Å². The van der Waals surface area contributed by atoms with E-state index in [2.05, 4.69) is 266 Å². The van der Waals surface area contributed by atoms with Crippen molar-refractivity contribution in [3.8, 4) is 44.5 Å². The minimum Gasteiger partial charge on any atom is -0.356 e. The van der Waals surface area contributed by atoms with Crippen molar-refractivity contribution >= 4 is 78.5 Å². The fourth-order valence-corrected chi connectivity index (χ4v) is 22.4. The first-order valence-corrected chi connectivity index (χ1v) is 47.0. The molecule has 14 aromatic carbocycles. The molecular weight excluding hydrogens is 1530 g/mol.